The van der Waals surface area contributed by atoms with Crippen molar-refractivity contribution in [1.82, 2.24) is 15.4 Å². The van der Waals surface area contributed by atoms with Crippen molar-refractivity contribution in [3.05, 3.63) is 50.5 Å². The quantitative estimate of drug-likeness (QED) is 0.322. The average molecular weight is 306 g/mol. The molecule has 0 aliphatic rings. The minimum atomic E-state index is -0.640. The average Bonchev–Trinajstić information content (AvgIpc) is 2.42. The Hall–Kier alpha value is -2.94. The number of H-pyrrole nitrogens is 2. The Morgan fingerprint density at radius 2 is 1.90 bits per heavy atom. The van der Waals surface area contributed by atoms with Gasteiger partial charge in [-0.25, -0.2) is 5.43 Å². The summed E-state index contributed by atoms with van der Waals surface area (Å²) in [6.45, 7) is 0. The lowest BCUT2D eigenvalue weighted by Gasteiger charge is -2.00. The van der Waals surface area contributed by atoms with Crippen LogP contribution in [0.4, 0.5) is 0 Å². The molecule has 0 aliphatic carbocycles. The second-order valence-corrected chi connectivity index (χ2v) is 4.32. The van der Waals surface area contributed by atoms with Crippen molar-refractivity contribution in [1.29, 1.82) is 0 Å². The summed E-state index contributed by atoms with van der Waals surface area (Å²) in [6, 6.07) is 5.52. The first-order valence-corrected chi connectivity index (χ1v) is 6.06. The SMILES string of the molecule is O=C(N/N=C/c1c(O)[nH]c(=S)[nH]c1=O)c1ccc(O)cc1. The summed E-state index contributed by atoms with van der Waals surface area (Å²) in [5.74, 6) is -0.955. The van der Waals surface area contributed by atoms with E-state index in [0.29, 0.717) is 0 Å². The molecule has 1 aromatic heterocycles. The molecule has 0 spiro atoms. The topological polar surface area (TPSA) is 131 Å². The van der Waals surface area contributed by atoms with Gasteiger partial charge in [-0.05, 0) is 36.5 Å². The van der Waals surface area contributed by atoms with Crippen LogP contribution in [0.15, 0.2) is 34.2 Å². The lowest BCUT2D eigenvalue weighted by atomic mass is 10.2. The molecule has 9 heteroatoms. The van der Waals surface area contributed by atoms with Gasteiger partial charge in [0.2, 0.25) is 5.88 Å². The van der Waals surface area contributed by atoms with Crippen LogP contribution in [0.3, 0.4) is 0 Å². The summed E-state index contributed by atoms with van der Waals surface area (Å²) >= 11 is 4.67. The van der Waals surface area contributed by atoms with Crippen molar-refractivity contribution in [3.8, 4) is 11.6 Å². The maximum Gasteiger partial charge on any atom is 0.271 e. The maximum atomic E-state index is 11.7. The zero-order valence-electron chi connectivity index (χ0n) is 10.5. The van der Waals surface area contributed by atoms with E-state index in [2.05, 4.69) is 32.7 Å². The molecule has 1 aromatic carbocycles. The lowest BCUT2D eigenvalue weighted by Crippen LogP contribution is -2.19. The molecule has 0 saturated carbocycles. The van der Waals surface area contributed by atoms with E-state index in [9.17, 15) is 14.7 Å². The first-order chi connectivity index (χ1) is 9.97. The predicted octanol–water partition coefficient (Wildman–Crippen LogP) is 0.608. The summed E-state index contributed by atoms with van der Waals surface area (Å²) in [5.41, 5.74) is 1.64. The minimum absolute atomic E-state index is 0.0252. The number of aromatic amines is 2. The van der Waals surface area contributed by atoms with Crippen LogP contribution >= 0.6 is 12.2 Å². The molecule has 8 nitrogen and oxygen atoms in total. The van der Waals surface area contributed by atoms with E-state index in [-0.39, 0.29) is 21.6 Å². The van der Waals surface area contributed by atoms with Crippen molar-refractivity contribution in [2.75, 3.05) is 0 Å². The molecular formula is C12H10N4O4S. The van der Waals surface area contributed by atoms with Gasteiger partial charge in [-0.15, -0.1) is 0 Å². The highest BCUT2D eigenvalue weighted by Gasteiger charge is 2.06. The molecule has 2 aromatic rings. The molecule has 0 bridgehead atoms. The van der Waals surface area contributed by atoms with E-state index < -0.39 is 17.3 Å². The predicted molar refractivity (Wildman–Crippen MR) is 77.1 cm³/mol. The molecule has 0 atom stereocenters. The minimum Gasteiger partial charge on any atom is -0.508 e. The summed E-state index contributed by atoms with van der Waals surface area (Å²) in [7, 11) is 0. The van der Waals surface area contributed by atoms with Gasteiger partial charge in [0.25, 0.3) is 11.5 Å². The molecular weight excluding hydrogens is 296 g/mol. The van der Waals surface area contributed by atoms with Gasteiger partial charge in [-0.1, -0.05) is 0 Å². The number of rotatable bonds is 3. The van der Waals surface area contributed by atoms with E-state index in [1.54, 1.807) is 0 Å². The van der Waals surface area contributed by atoms with Crippen LogP contribution in [-0.2, 0) is 0 Å². The number of amides is 1. The van der Waals surface area contributed by atoms with Gasteiger partial charge in [0.1, 0.15) is 11.3 Å². The Bertz CT molecular complexity index is 807. The molecule has 21 heavy (non-hydrogen) atoms. The third-order valence-corrected chi connectivity index (χ3v) is 2.65. The molecule has 1 heterocycles. The molecule has 0 radical (unpaired) electrons. The van der Waals surface area contributed by atoms with Gasteiger partial charge < -0.3 is 15.2 Å². The van der Waals surface area contributed by atoms with Crippen LogP contribution in [0.25, 0.3) is 0 Å². The van der Waals surface area contributed by atoms with Crippen LogP contribution in [0.5, 0.6) is 11.6 Å². The maximum absolute atomic E-state index is 11.7. The summed E-state index contributed by atoms with van der Waals surface area (Å²) < 4.78 is -0.0252. The number of hydrogen-bond acceptors (Lipinski definition) is 6. The smallest absolute Gasteiger partial charge is 0.271 e. The van der Waals surface area contributed by atoms with E-state index in [0.717, 1.165) is 6.21 Å². The lowest BCUT2D eigenvalue weighted by molar-refractivity contribution is 0.0955. The van der Waals surface area contributed by atoms with Gasteiger partial charge in [-0.2, -0.15) is 5.10 Å². The van der Waals surface area contributed by atoms with Gasteiger partial charge >= 0.3 is 0 Å². The second-order valence-electron chi connectivity index (χ2n) is 3.92. The summed E-state index contributed by atoms with van der Waals surface area (Å²) in [5, 5.41) is 22.2. The molecule has 0 fully saturated rings. The third kappa shape index (κ3) is 3.54. The summed E-state index contributed by atoms with van der Waals surface area (Å²) in [6.07, 6.45) is 0.984. The summed E-state index contributed by atoms with van der Waals surface area (Å²) in [4.78, 5) is 27.8. The Labute approximate surface area is 122 Å². The number of carbonyl (C=O) groups is 1. The number of phenolic OH excluding ortho intramolecular Hbond substituents is 1. The fourth-order valence-corrected chi connectivity index (χ4v) is 1.63. The fourth-order valence-electron chi connectivity index (χ4n) is 1.44. The largest absolute Gasteiger partial charge is 0.508 e. The third-order valence-electron chi connectivity index (χ3n) is 2.45. The van der Waals surface area contributed by atoms with Crippen molar-refractivity contribution in [2.45, 2.75) is 0 Å². The zero-order chi connectivity index (χ0) is 15.4. The van der Waals surface area contributed by atoms with Crippen LogP contribution in [-0.4, -0.2) is 32.3 Å². The number of hydrogen-bond donors (Lipinski definition) is 5. The zero-order valence-corrected chi connectivity index (χ0v) is 11.3. The molecule has 0 aliphatic heterocycles. The second kappa shape index (κ2) is 6.01. The van der Waals surface area contributed by atoms with Crippen LogP contribution in [0.1, 0.15) is 15.9 Å². The van der Waals surface area contributed by atoms with Crippen LogP contribution < -0.4 is 11.0 Å². The Morgan fingerprint density at radius 3 is 2.52 bits per heavy atom. The number of carbonyl (C=O) groups excluding carboxylic acids is 1. The van der Waals surface area contributed by atoms with Gasteiger partial charge in [0.15, 0.2) is 4.77 Å². The van der Waals surface area contributed by atoms with Crippen molar-refractivity contribution >= 4 is 24.3 Å². The number of aromatic hydroxyl groups is 2. The van der Waals surface area contributed by atoms with E-state index >= 15 is 0 Å². The van der Waals surface area contributed by atoms with E-state index in [1.165, 1.54) is 24.3 Å². The van der Waals surface area contributed by atoms with Gasteiger partial charge in [0.05, 0.1) is 6.21 Å². The Kier molecular flexibility index (Phi) is 4.14. The van der Waals surface area contributed by atoms with Crippen molar-refractivity contribution < 1.29 is 15.0 Å². The van der Waals surface area contributed by atoms with E-state index in [4.69, 9.17) is 5.11 Å². The highest BCUT2D eigenvalue weighted by Crippen LogP contribution is 2.09. The van der Waals surface area contributed by atoms with Gasteiger partial charge in [-0.3, -0.25) is 14.6 Å². The van der Waals surface area contributed by atoms with E-state index in [1.807, 2.05) is 0 Å². The van der Waals surface area contributed by atoms with Crippen molar-refractivity contribution in [2.24, 2.45) is 5.10 Å². The van der Waals surface area contributed by atoms with Crippen LogP contribution in [0.2, 0.25) is 0 Å². The number of nitrogens with zero attached hydrogens (tertiary/aromatic N) is 1. The number of benzene rings is 1. The molecule has 0 saturated heterocycles. The number of hydrazone groups is 1. The molecule has 0 unspecified atom stereocenters. The highest BCUT2D eigenvalue weighted by atomic mass is 32.1. The molecule has 1 amide bonds. The first-order valence-electron chi connectivity index (χ1n) is 5.65. The Balaban J connectivity index is 2.13. The number of aromatic nitrogens is 2. The molecule has 108 valence electrons. The first kappa shape index (κ1) is 14.5. The fraction of sp³-hybridized carbons (Fsp3) is 0. The molecule has 5 N–H and O–H groups in total. The van der Waals surface area contributed by atoms with Crippen molar-refractivity contribution in [3.63, 3.8) is 0 Å². The van der Waals surface area contributed by atoms with Crippen LogP contribution in [0, 0.1) is 4.77 Å². The number of nitrogens with one attached hydrogen (secondary N) is 3. The monoisotopic (exact) mass is 306 g/mol. The normalized spacial score (nSPS) is 10.7. The Morgan fingerprint density at radius 1 is 1.24 bits per heavy atom. The number of phenols is 1. The highest BCUT2D eigenvalue weighted by molar-refractivity contribution is 7.71. The standard InChI is InChI=1S/C12H10N4O4S/c17-7-3-1-6(2-4-7)9(18)16-13-5-8-10(19)14-12(21)15-11(8)20/h1-5,17H,(H,16,18)(H3,14,15,19,20,21)/b13-5+. The molecule has 2 rings (SSSR count). The van der Waals surface area contributed by atoms with Gasteiger partial charge in [0, 0.05) is 5.56 Å².